The van der Waals surface area contributed by atoms with Crippen LogP contribution in [0.25, 0.3) is 0 Å². The highest BCUT2D eigenvalue weighted by atomic mass is 79.9. The Kier molecular flexibility index (Phi) is 6.37. The molecule has 1 saturated carbocycles. The van der Waals surface area contributed by atoms with Crippen LogP contribution in [0, 0.1) is 0 Å². The van der Waals surface area contributed by atoms with Gasteiger partial charge in [0.1, 0.15) is 0 Å². The third-order valence-electron chi connectivity index (χ3n) is 4.26. The van der Waals surface area contributed by atoms with E-state index in [9.17, 15) is 0 Å². The molecule has 0 N–H and O–H groups in total. The molecule has 0 unspecified atom stereocenters. The highest BCUT2D eigenvalue weighted by Crippen LogP contribution is 2.28. The maximum atomic E-state index is 6.54. The number of aromatic nitrogens is 2. The van der Waals surface area contributed by atoms with Crippen molar-refractivity contribution in [3.05, 3.63) is 16.4 Å². The van der Waals surface area contributed by atoms with Gasteiger partial charge in [-0.05, 0) is 26.2 Å². The van der Waals surface area contributed by atoms with E-state index >= 15 is 0 Å². The van der Waals surface area contributed by atoms with Crippen molar-refractivity contribution in [2.75, 3.05) is 11.9 Å². The lowest BCUT2D eigenvalue weighted by molar-refractivity contribution is 0.197. The van der Waals surface area contributed by atoms with Gasteiger partial charge in [-0.15, -0.1) is 0 Å². The number of aryl methyl sites for hydroxylation is 2. The van der Waals surface area contributed by atoms with Gasteiger partial charge in [-0.2, -0.15) is 5.10 Å². The molecule has 1 aliphatic carbocycles. The maximum Gasteiger partial charge on any atom is 0.0863 e. The molecule has 0 radical (unpaired) electrons. The molecule has 0 atom stereocenters. The number of hydrogen-bond donors (Lipinski definition) is 0. The molecule has 0 aliphatic heterocycles. The van der Waals surface area contributed by atoms with Crippen molar-refractivity contribution in [3.63, 3.8) is 0 Å². The summed E-state index contributed by atoms with van der Waals surface area (Å²) >= 11 is 10.1. The second-order valence-electron chi connectivity index (χ2n) is 5.47. The Morgan fingerprint density at radius 2 is 2.05 bits per heavy atom. The zero-order valence-corrected chi connectivity index (χ0v) is 14.9. The van der Waals surface area contributed by atoms with Gasteiger partial charge in [0.15, 0.2) is 0 Å². The zero-order valence-electron chi connectivity index (χ0n) is 12.5. The second-order valence-corrected chi connectivity index (χ2v) is 6.65. The van der Waals surface area contributed by atoms with Crippen LogP contribution < -0.4 is 0 Å². The molecule has 1 aliphatic rings. The standard InChI is InChI=1S/C15H25BrClN3/c1-3-13-15(17)14(20(4-2)18-13)11-19(10-9-16)12-7-5-6-8-12/h12H,3-11H2,1-2H3. The average Bonchev–Trinajstić information content (AvgIpc) is 3.07. The molecule has 0 aromatic carbocycles. The van der Waals surface area contributed by atoms with Crippen LogP contribution >= 0.6 is 27.5 Å². The van der Waals surface area contributed by atoms with Crippen molar-refractivity contribution in [1.29, 1.82) is 0 Å². The number of nitrogens with zero attached hydrogens (tertiary/aromatic N) is 3. The van der Waals surface area contributed by atoms with Crippen molar-refractivity contribution < 1.29 is 0 Å². The molecule has 1 aromatic rings. The first-order chi connectivity index (χ1) is 9.71. The van der Waals surface area contributed by atoms with Gasteiger partial charge in [0, 0.05) is 31.0 Å². The van der Waals surface area contributed by atoms with Crippen molar-refractivity contribution in [2.45, 2.75) is 65.1 Å². The van der Waals surface area contributed by atoms with Crippen LogP contribution in [-0.2, 0) is 19.5 Å². The quantitative estimate of drug-likeness (QED) is 0.676. The van der Waals surface area contributed by atoms with E-state index in [2.05, 4.69) is 44.5 Å². The minimum atomic E-state index is 0.717. The third-order valence-corrected chi connectivity index (χ3v) is 5.05. The molecule has 2 rings (SSSR count). The molecule has 5 heteroatoms. The minimum absolute atomic E-state index is 0.717. The van der Waals surface area contributed by atoms with E-state index in [1.54, 1.807) is 0 Å². The maximum absolute atomic E-state index is 6.54. The SMILES string of the molecule is CCc1nn(CC)c(CN(CCBr)C2CCCC2)c1Cl. The first kappa shape index (κ1) is 16.3. The van der Waals surface area contributed by atoms with Gasteiger partial charge in [0.2, 0.25) is 0 Å². The molecular formula is C15H25BrClN3. The summed E-state index contributed by atoms with van der Waals surface area (Å²) in [6.45, 7) is 7.15. The van der Waals surface area contributed by atoms with Crippen molar-refractivity contribution in [3.8, 4) is 0 Å². The van der Waals surface area contributed by atoms with Gasteiger partial charge >= 0.3 is 0 Å². The molecule has 20 heavy (non-hydrogen) atoms. The lowest BCUT2D eigenvalue weighted by atomic mass is 10.2. The summed E-state index contributed by atoms with van der Waals surface area (Å²) in [7, 11) is 0. The van der Waals surface area contributed by atoms with E-state index in [0.717, 1.165) is 42.1 Å². The van der Waals surface area contributed by atoms with Gasteiger partial charge in [0.05, 0.1) is 16.4 Å². The van der Waals surface area contributed by atoms with E-state index in [-0.39, 0.29) is 0 Å². The molecule has 0 bridgehead atoms. The van der Waals surface area contributed by atoms with E-state index in [0.29, 0.717) is 6.04 Å². The van der Waals surface area contributed by atoms with E-state index in [1.807, 2.05) is 0 Å². The Hall–Kier alpha value is -0.0600. The Labute approximate surface area is 135 Å². The molecule has 1 heterocycles. The van der Waals surface area contributed by atoms with Gasteiger partial charge < -0.3 is 0 Å². The summed E-state index contributed by atoms with van der Waals surface area (Å²) in [5.41, 5.74) is 2.23. The lowest BCUT2D eigenvalue weighted by Gasteiger charge is -2.28. The van der Waals surface area contributed by atoms with Gasteiger partial charge in [-0.1, -0.05) is 47.3 Å². The Balaban J connectivity index is 2.18. The van der Waals surface area contributed by atoms with Crippen molar-refractivity contribution in [1.82, 2.24) is 14.7 Å². The summed E-state index contributed by atoms with van der Waals surface area (Å²) < 4.78 is 2.08. The molecule has 1 fully saturated rings. The van der Waals surface area contributed by atoms with Crippen LogP contribution in [0.4, 0.5) is 0 Å². The summed E-state index contributed by atoms with van der Waals surface area (Å²) in [4.78, 5) is 2.58. The van der Waals surface area contributed by atoms with Crippen LogP contribution in [0.5, 0.6) is 0 Å². The Bertz CT molecular complexity index is 427. The van der Waals surface area contributed by atoms with E-state index in [1.165, 1.54) is 31.4 Å². The zero-order chi connectivity index (χ0) is 14.5. The average molecular weight is 363 g/mol. The monoisotopic (exact) mass is 361 g/mol. The lowest BCUT2D eigenvalue weighted by Crippen LogP contribution is -2.35. The van der Waals surface area contributed by atoms with Crippen LogP contribution in [0.2, 0.25) is 5.02 Å². The van der Waals surface area contributed by atoms with Crippen molar-refractivity contribution >= 4 is 27.5 Å². The smallest absolute Gasteiger partial charge is 0.0863 e. The Morgan fingerprint density at radius 3 is 2.60 bits per heavy atom. The fourth-order valence-corrected chi connectivity index (χ4v) is 3.91. The summed E-state index contributed by atoms with van der Waals surface area (Å²) in [6.07, 6.45) is 6.28. The summed E-state index contributed by atoms with van der Waals surface area (Å²) in [5.74, 6) is 0. The summed E-state index contributed by atoms with van der Waals surface area (Å²) in [6, 6.07) is 0.717. The Morgan fingerprint density at radius 1 is 1.35 bits per heavy atom. The molecule has 114 valence electrons. The number of rotatable bonds is 7. The minimum Gasteiger partial charge on any atom is -0.294 e. The molecule has 0 saturated heterocycles. The fourth-order valence-electron chi connectivity index (χ4n) is 3.13. The normalized spacial score (nSPS) is 16.4. The highest BCUT2D eigenvalue weighted by Gasteiger charge is 2.25. The van der Waals surface area contributed by atoms with Gasteiger partial charge in [-0.25, -0.2) is 0 Å². The van der Waals surface area contributed by atoms with Crippen LogP contribution in [0.15, 0.2) is 0 Å². The van der Waals surface area contributed by atoms with Gasteiger partial charge in [-0.3, -0.25) is 9.58 Å². The first-order valence-electron chi connectivity index (χ1n) is 7.75. The second kappa shape index (κ2) is 7.81. The molecule has 1 aromatic heterocycles. The molecular weight excluding hydrogens is 338 g/mol. The topological polar surface area (TPSA) is 21.1 Å². The van der Waals surface area contributed by atoms with Gasteiger partial charge in [0.25, 0.3) is 0 Å². The molecule has 0 spiro atoms. The predicted molar refractivity (Wildman–Crippen MR) is 88.7 cm³/mol. The molecule has 3 nitrogen and oxygen atoms in total. The van der Waals surface area contributed by atoms with Crippen LogP contribution in [-0.4, -0.2) is 32.6 Å². The highest BCUT2D eigenvalue weighted by molar-refractivity contribution is 9.09. The largest absolute Gasteiger partial charge is 0.294 e. The van der Waals surface area contributed by atoms with Crippen LogP contribution in [0.1, 0.15) is 50.9 Å². The van der Waals surface area contributed by atoms with E-state index < -0.39 is 0 Å². The van der Waals surface area contributed by atoms with Crippen molar-refractivity contribution in [2.24, 2.45) is 0 Å². The first-order valence-corrected chi connectivity index (χ1v) is 9.25. The number of alkyl halides is 1. The third kappa shape index (κ3) is 3.58. The van der Waals surface area contributed by atoms with Crippen LogP contribution in [0.3, 0.4) is 0 Å². The number of halogens is 2. The summed E-state index contributed by atoms with van der Waals surface area (Å²) in [5, 5.41) is 6.53. The van der Waals surface area contributed by atoms with E-state index in [4.69, 9.17) is 11.6 Å². The predicted octanol–water partition coefficient (Wildman–Crippen LogP) is 4.26. The number of hydrogen-bond acceptors (Lipinski definition) is 2. The fraction of sp³-hybridized carbons (Fsp3) is 0.800. The molecule has 0 amide bonds.